The van der Waals surface area contributed by atoms with Gasteiger partial charge in [0.1, 0.15) is 6.04 Å². The lowest BCUT2D eigenvalue weighted by Crippen LogP contribution is -2.50. The Morgan fingerprint density at radius 1 is 1.18 bits per heavy atom. The highest BCUT2D eigenvalue weighted by molar-refractivity contribution is 7.14. The van der Waals surface area contributed by atoms with Crippen molar-refractivity contribution in [2.75, 3.05) is 40.4 Å². The largest absolute Gasteiger partial charge is 0.493 e. The van der Waals surface area contributed by atoms with Gasteiger partial charge in [0.2, 0.25) is 0 Å². The van der Waals surface area contributed by atoms with Crippen molar-refractivity contribution >= 4 is 29.0 Å². The van der Waals surface area contributed by atoms with Crippen LogP contribution in [0, 0.1) is 17.2 Å². The molecule has 0 spiro atoms. The van der Waals surface area contributed by atoms with Gasteiger partial charge in [-0.05, 0) is 86.9 Å². The van der Waals surface area contributed by atoms with Crippen molar-refractivity contribution in [2.24, 2.45) is 5.92 Å². The minimum Gasteiger partial charge on any atom is -0.493 e. The predicted molar refractivity (Wildman–Crippen MR) is 135 cm³/mol. The van der Waals surface area contributed by atoms with Crippen molar-refractivity contribution in [3.8, 4) is 22.6 Å². The maximum Gasteiger partial charge on any atom is 0.329 e. The fourth-order valence-corrected chi connectivity index (χ4v) is 5.17. The zero-order valence-electron chi connectivity index (χ0n) is 20.3. The van der Waals surface area contributed by atoms with E-state index >= 15 is 0 Å². The number of hydrogen-bond acceptors (Lipinski definition) is 8. The highest BCUT2D eigenvalue weighted by Crippen LogP contribution is 2.33. The average Bonchev–Trinajstić information content (AvgIpc) is 3.32. The molecule has 1 aromatic carbocycles. The molecule has 1 unspecified atom stereocenters. The molecule has 1 aliphatic heterocycles. The van der Waals surface area contributed by atoms with E-state index in [-0.39, 0.29) is 17.9 Å². The monoisotopic (exact) mass is 483 g/mol. The van der Waals surface area contributed by atoms with Gasteiger partial charge in [-0.2, -0.15) is 5.26 Å². The molecule has 2 aromatic rings. The molecule has 1 fully saturated rings. The van der Waals surface area contributed by atoms with E-state index in [2.05, 4.69) is 30.1 Å². The summed E-state index contributed by atoms with van der Waals surface area (Å²) >= 11 is 1.35. The topological polar surface area (TPSA) is 83.8 Å². The molecule has 7 nitrogen and oxygen atoms in total. The van der Waals surface area contributed by atoms with Gasteiger partial charge in [-0.15, -0.1) is 0 Å². The van der Waals surface area contributed by atoms with Crippen molar-refractivity contribution in [3.63, 3.8) is 0 Å². The molecule has 1 atom stereocenters. The SMILES string of the molecule is CCN(CC)C(C(=O)Oc1ccc(/C=C(\C#N)c2ccc(OC)c(OC)c2)s1)C1CCNCC1. The summed E-state index contributed by atoms with van der Waals surface area (Å²) in [7, 11) is 3.13. The zero-order chi connectivity index (χ0) is 24.5. The summed E-state index contributed by atoms with van der Waals surface area (Å²) in [5.74, 6) is 1.24. The standard InChI is InChI=1S/C26H33N3O4S/c1-5-29(6-2)25(18-11-13-28-14-12-18)26(30)33-24-10-8-21(34-24)15-20(17-27)19-7-9-22(31-3)23(16-19)32-4/h7-10,15-16,18,25,28H,5-6,11-14H2,1-4H3/b20-15+. The Morgan fingerprint density at radius 3 is 2.50 bits per heavy atom. The van der Waals surface area contributed by atoms with E-state index in [1.165, 1.54) is 11.3 Å². The van der Waals surface area contributed by atoms with Crippen molar-refractivity contribution in [1.82, 2.24) is 10.2 Å². The number of carbonyl (C=O) groups is 1. The number of esters is 1. The summed E-state index contributed by atoms with van der Waals surface area (Å²) < 4.78 is 16.5. The normalized spacial score (nSPS) is 15.6. The number of rotatable bonds is 10. The molecular formula is C26H33N3O4S. The van der Waals surface area contributed by atoms with Crippen LogP contribution in [0.15, 0.2) is 30.3 Å². The number of nitrogens with one attached hydrogen (secondary N) is 1. The molecule has 0 radical (unpaired) electrons. The number of allylic oxidation sites excluding steroid dienone is 1. The van der Waals surface area contributed by atoms with Crippen molar-refractivity contribution < 1.29 is 19.0 Å². The van der Waals surface area contributed by atoms with E-state index in [0.29, 0.717) is 22.1 Å². The van der Waals surface area contributed by atoms with Gasteiger partial charge in [-0.1, -0.05) is 25.2 Å². The molecule has 3 rings (SSSR count). The van der Waals surface area contributed by atoms with Gasteiger partial charge in [0.05, 0.1) is 25.9 Å². The van der Waals surface area contributed by atoms with E-state index < -0.39 is 0 Å². The first-order valence-electron chi connectivity index (χ1n) is 11.6. The molecule has 1 saturated heterocycles. The van der Waals surface area contributed by atoms with Crippen molar-refractivity contribution in [2.45, 2.75) is 32.7 Å². The fraction of sp³-hybridized carbons (Fsp3) is 0.462. The lowest BCUT2D eigenvalue weighted by Gasteiger charge is -2.36. The second kappa shape index (κ2) is 12.6. The third kappa shape index (κ3) is 6.17. The Labute approximate surface area is 205 Å². The van der Waals surface area contributed by atoms with E-state index in [9.17, 15) is 10.1 Å². The Hall–Kier alpha value is -2.86. The third-order valence-electron chi connectivity index (χ3n) is 6.18. The number of nitriles is 1. The molecule has 0 saturated carbocycles. The smallest absolute Gasteiger partial charge is 0.329 e. The third-order valence-corrected chi connectivity index (χ3v) is 7.09. The number of carbonyl (C=O) groups excluding carboxylic acids is 1. The van der Waals surface area contributed by atoms with E-state index in [0.717, 1.165) is 49.5 Å². The second-order valence-corrected chi connectivity index (χ2v) is 9.15. The maximum atomic E-state index is 13.2. The molecule has 8 heteroatoms. The van der Waals surface area contributed by atoms with Crippen molar-refractivity contribution in [1.29, 1.82) is 5.26 Å². The average molecular weight is 484 g/mol. The lowest BCUT2D eigenvalue weighted by molar-refractivity contribution is -0.142. The zero-order valence-corrected chi connectivity index (χ0v) is 21.1. The van der Waals surface area contributed by atoms with Gasteiger partial charge < -0.3 is 19.5 Å². The number of hydrogen-bond donors (Lipinski definition) is 1. The fourth-order valence-electron chi connectivity index (χ4n) is 4.37. The molecule has 2 heterocycles. The summed E-state index contributed by atoms with van der Waals surface area (Å²) in [6.45, 7) is 7.62. The predicted octanol–water partition coefficient (Wildman–Crippen LogP) is 4.44. The number of thiophene rings is 1. The molecular weight excluding hydrogens is 450 g/mol. The Bertz CT molecular complexity index is 1030. The van der Waals surface area contributed by atoms with Crippen LogP contribution in [0.3, 0.4) is 0 Å². The van der Waals surface area contributed by atoms with Crippen LogP contribution in [0.4, 0.5) is 0 Å². The first-order chi connectivity index (χ1) is 16.5. The molecule has 1 N–H and O–H groups in total. The summed E-state index contributed by atoms with van der Waals surface area (Å²) in [5, 5.41) is 13.6. The Kier molecular flexibility index (Phi) is 9.52. The molecule has 182 valence electrons. The number of ether oxygens (including phenoxy) is 3. The first-order valence-corrected chi connectivity index (χ1v) is 12.5. The van der Waals surface area contributed by atoms with Gasteiger partial charge in [-0.25, -0.2) is 4.79 Å². The van der Waals surface area contributed by atoms with Gasteiger partial charge in [0.15, 0.2) is 16.6 Å². The lowest BCUT2D eigenvalue weighted by atomic mass is 9.89. The van der Waals surface area contributed by atoms with Gasteiger partial charge >= 0.3 is 5.97 Å². The molecule has 1 aliphatic rings. The first kappa shape index (κ1) is 25.8. The quantitative estimate of drug-likeness (QED) is 0.395. The van der Waals surface area contributed by atoms with Crippen LogP contribution in [0.1, 0.15) is 37.1 Å². The van der Waals surface area contributed by atoms with Crippen LogP contribution >= 0.6 is 11.3 Å². The highest BCUT2D eigenvalue weighted by atomic mass is 32.1. The van der Waals surface area contributed by atoms with Crippen LogP contribution in [0.25, 0.3) is 11.6 Å². The van der Waals surface area contributed by atoms with E-state index in [1.54, 1.807) is 38.5 Å². The summed E-state index contributed by atoms with van der Waals surface area (Å²) in [6.07, 6.45) is 3.72. The van der Waals surface area contributed by atoms with Crippen LogP contribution < -0.4 is 19.5 Å². The number of methoxy groups -OCH3 is 2. The summed E-state index contributed by atoms with van der Waals surface area (Å²) in [4.78, 5) is 16.3. The number of benzene rings is 1. The Morgan fingerprint density at radius 2 is 1.88 bits per heavy atom. The number of likely N-dealkylation sites (N-methyl/N-ethyl adjacent to an activating group) is 1. The summed E-state index contributed by atoms with van der Waals surface area (Å²) in [6, 6.07) is 11.0. The maximum absolute atomic E-state index is 13.2. The Balaban J connectivity index is 1.78. The molecule has 0 bridgehead atoms. The number of piperidine rings is 1. The van der Waals surface area contributed by atoms with Crippen molar-refractivity contribution in [3.05, 3.63) is 40.8 Å². The van der Waals surface area contributed by atoms with E-state index in [1.807, 2.05) is 12.1 Å². The minimum atomic E-state index is -0.250. The molecule has 0 aliphatic carbocycles. The van der Waals surface area contributed by atoms with E-state index in [4.69, 9.17) is 14.2 Å². The van der Waals surface area contributed by atoms with Crippen LogP contribution in [-0.4, -0.2) is 57.3 Å². The molecule has 1 aromatic heterocycles. The van der Waals surface area contributed by atoms with Gasteiger partial charge in [-0.3, -0.25) is 4.90 Å². The van der Waals surface area contributed by atoms with Gasteiger partial charge in [0, 0.05) is 4.88 Å². The highest BCUT2D eigenvalue weighted by Gasteiger charge is 2.35. The van der Waals surface area contributed by atoms with Crippen LogP contribution in [0.2, 0.25) is 0 Å². The second-order valence-electron chi connectivity index (χ2n) is 8.07. The van der Waals surface area contributed by atoms with Crippen LogP contribution in [-0.2, 0) is 4.79 Å². The molecule has 34 heavy (non-hydrogen) atoms. The minimum absolute atomic E-state index is 0.201. The summed E-state index contributed by atoms with van der Waals surface area (Å²) in [5.41, 5.74) is 1.20. The molecule has 0 amide bonds. The van der Waals surface area contributed by atoms with Gasteiger partial charge in [0.25, 0.3) is 0 Å². The number of nitrogens with zero attached hydrogens (tertiary/aromatic N) is 2. The van der Waals surface area contributed by atoms with Crippen LogP contribution in [0.5, 0.6) is 16.6 Å².